The van der Waals surface area contributed by atoms with Crippen molar-refractivity contribution in [2.24, 2.45) is 0 Å². The van der Waals surface area contributed by atoms with E-state index in [1.54, 1.807) is 36.4 Å². The highest BCUT2D eigenvalue weighted by molar-refractivity contribution is 14.1. The van der Waals surface area contributed by atoms with Crippen LogP contribution in [-0.2, 0) is 0 Å². The maximum Gasteiger partial charge on any atom is 0.167 e. The summed E-state index contributed by atoms with van der Waals surface area (Å²) in [6, 6.07) is 7.57. The average molecular weight is 638 g/mol. The topological polar surface area (TPSA) is 20.2 Å². The third kappa shape index (κ3) is 8.41. The summed E-state index contributed by atoms with van der Waals surface area (Å²) in [5.74, 6) is -4.12. The lowest BCUT2D eigenvalue weighted by Crippen LogP contribution is -1.87. The Morgan fingerprint density at radius 1 is 0.586 bits per heavy atom. The fraction of sp³-hybridized carbons (Fsp3) is 0.100. The van der Waals surface area contributed by atoms with Gasteiger partial charge in [0.2, 0.25) is 0 Å². The van der Waals surface area contributed by atoms with Crippen LogP contribution in [0.25, 0.3) is 0 Å². The van der Waals surface area contributed by atoms with Gasteiger partial charge in [-0.1, -0.05) is 6.07 Å². The Kier molecular flexibility index (Phi) is 10.2. The summed E-state index contributed by atoms with van der Waals surface area (Å²) in [7, 11) is 0. The molecule has 156 valence electrons. The zero-order chi connectivity index (χ0) is 22.3. The van der Waals surface area contributed by atoms with Crippen LogP contribution >= 0.6 is 45.2 Å². The van der Waals surface area contributed by atoms with Gasteiger partial charge < -0.3 is 5.11 Å². The molecule has 0 radical (unpaired) electrons. The molecule has 3 rings (SSSR count). The quantitative estimate of drug-likeness (QED) is 0.155. The van der Waals surface area contributed by atoms with E-state index < -0.39 is 40.7 Å². The van der Waals surface area contributed by atoms with E-state index >= 15 is 0 Å². The van der Waals surface area contributed by atoms with E-state index in [0.717, 1.165) is 18.2 Å². The molecule has 0 unspecified atom stereocenters. The van der Waals surface area contributed by atoms with E-state index in [1.165, 1.54) is 18.2 Å². The molecule has 0 aromatic heterocycles. The van der Waals surface area contributed by atoms with Crippen LogP contribution < -0.4 is 0 Å². The van der Waals surface area contributed by atoms with Crippen LogP contribution in [0.2, 0.25) is 0 Å². The summed E-state index contributed by atoms with van der Waals surface area (Å²) in [5, 5.41) is 8.68. The summed E-state index contributed by atoms with van der Waals surface area (Å²) in [6.45, 7) is 3.20. The second-order valence-electron chi connectivity index (χ2n) is 5.63. The molecule has 0 fully saturated rings. The lowest BCUT2D eigenvalue weighted by atomic mass is 10.2. The number of halogens is 8. The van der Waals surface area contributed by atoms with E-state index in [9.17, 15) is 26.3 Å². The molecule has 9 heteroatoms. The molecule has 0 spiro atoms. The Bertz CT molecular complexity index is 839. The van der Waals surface area contributed by atoms with Crippen LogP contribution in [0.3, 0.4) is 0 Å². The number of aromatic hydroxyl groups is 1. The third-order valence-electron chi connectivity index (χ3n) is 3.33. The highest BCUT2D eigenvalue weighted by atomic mass is 127. The Morgan fingerprint density at radius 2 is 1.07 bits per heavy atom. The van der Waals surface area contributed by atoms with E-state index in [1.807, 2.05) is 22.6 Å². The normalized spacial score (nSPS) is 9.86. The molecule has 0 aliphatic carbocycles. The van der Waals surface area contributed by atoms with Crippen LogP contribution in [0.15, 0.2) is 42.5 Å². The monoisotopic (exact) mass is 638 g/mol. The summed E-state index contributed by atoms with van der Waals surface area (Å²) < 4.78 is 74.8. The molecular weight excluding hydrogens is 624 g/mol. The van der Waals surface area contributed by atoms with Crippen LogP contribution in [-0.4, -0.2) is 5.11 Å². The third-order valence-corrected chi connectivity index (χ3v) is 4.98. The van der Waals surface area contributed by atoms with Crippen LogP contribution in [0.5, 0.6) is 5.75 Å². The maximum atomic E-state index is 12.5. The average Bonchev–Trinajstić information content (AvgIpc) is 2.63. The molecule has 0 heterocycles. The highest BCUT2D eigenvalue weighted by Gasteiger charge is 2.05. The number of phenolic OH excluding ortho intramolecular Hbond substituents is 1. The molecule has 0 amide bonds. The molecule has 1 N–H and O–H groups in total. The van der Waals surface area contributed by atoms with Gasteiger partial charge in [0, 0.05) is 21.8 Å². The number of benzene rings is 3. The smallest absolute Gasteiger partial charge is 0.167 e. The predicted octanol–water partition coefficient (Wildman–Crippen LogP) is 7.43. The first-order chi connectivity index (χ1) is 13.4. The lowest BCUT2D eigenvalue weighted by Gasteiger charge is -1.97. The Morgan fingerprint density at radius 3 is 1.52 bits per heavy atom. The van der Waals surface area contributed by atoms with Crippen molar-refractivity contribution in [2.75, 3.05) is 0 Å². The SMILES string of the molecule is Cc1cc(I)c(F)cc1F.Cc1ccc(F)cc1F.Oc1cc(I)c(F)cc1F. The summed E-state index contributed by atoms with van der Waals surface area (Å²) >= 11 is 3.49. The molecule has 3 aromatic rings. The van der Waals surface area contributed by atoms with Gasteiger partial charge in [0.1, 0.15) is 29.1 Å². The molecule has 0 atom stereocenters. The Hall–Kier alpha value is -1.50. The second-order valence-corrected chi connectivity index (χ2v) is 7.95. The van der Waals surface area contributed by atoms with E-state index in [0.29, 0.717) is 20.8 Å². The molecule has 0 bridgehead atoms. The Labute approximate surface area is 191 Å². The van der Waals surface area contributed by atoms with Gasteiger partial charge in [0.15, 0.2) is 11.6 Å². The minimum atomic E-state index is -0.932. The van der Waals surface area contributed by atoms with Crippen molar-refractivity contribution in [3.63, 3.8) is 0 Å². The van der Waals surface area contributed by atoms with Crippen LogP contribution in [0.4, 0.5) is 26.3 Å². The number of hydrogen-bond acceptors (Lipinski definition) is 1. The zero-order valence-electron chi connectivity index (χ0n) is 15.0. The van der Waals surface area contributed by atoms with Gasteiger partial charge in [-0.05, 0) is 88.4 Å². The fourth-order valence-corrected chi connectivity index (χ4v) is 2.77. The molecule has 3 aromatic carbocycles. The summed E-state index contributed by atoms with van der Waals surface area (Å²) in [4.78, 5) is 0. The minimum absolute atomic E-state index is 0.205. The van der Waals surface area contributed by atoms with E-state index in [-0.39, 0.29) is 3.57 Å². The standard InChI is InChI=1S/C7H5F2I.C7H6F2.C6H3F2IO/c1-4-2-7(10)6(9)3-5(4)8;1-5-2-3-6(8)4-7(5)9;7-3-1-4(8)6(10)2-5(3)9/h2-3H,1H3;2-4H,1H3;1-2,10H. The highest BCUT2D eigenvalue weighted by Crippen LogP contribution is 2.21. The Balaban J connectivity index is 0.000000218. The van der Waals surface area contributed by atoms with Crippen molar-refractivity contribution < 1.29 is 31.4 Å². The number of aryl methyl sites for hydroxylation is 2. The van der Waals surface area contributed by atoms with Crippen molar-refractivity contribution in [1.82, 2.24) is 0 Å². The molecule has 29 heavy (non-hydrogen) atoms. The lowest BCUT2D eigenvalue weighted by molar-refractivity contribution is 0.427. The first-order valence-corrected chi connectivity index (χ1v) is 9.94. The van der Waals surface area contributed by atoms with E-state index in [2.05, 4.69) is 0 Å². The van der Waals surface area contributed by atoms with Crippen molar-refractivity contribution in [3.8, 4) is 5.75 Å². The van der Waals surface area contributed by atoms with Crippen molar-refractivity contribution in [3.05, 3.63) is 95.6 Å². The van der Waals surface area contributed by atoms with Gasteiger partial charge in [-0.15, -0.1) is 0 Å². The molecule has 1 nitrogen and oxygen atoms in total. The minimum Gasteiger partial charge on any atom is -0.505 e. The van der Waals surface area contributed by atoms with Gasteiger partial charge in [-0.2, -0.15) is 0 Å². The molecule has 0 aliphatic heterocycles. The first kappa shape index (κ1) is 25.5. The van der Waals surface area contributed by atoms with Crippen molar-refractivity contribution in [2.45, 2.75) is 13.8 Å². The van der Waals surface area contributed by atoms with Crippen LogP contribution in [0, 0.1) is 55.9 Å². The van der Waals surface area contributed by atoms with Gasteiger partial charge in [-0.25, -0.2) is 26.3 Å². The van der Waals surface area contributed by atoms with Gasteiger partial charge in [0.25, 0.3) is 0 Å². The molecule has 0 aliphatic rings. The van der Waals surface area contributed by atoms with Gasteiger partial charge in [-0.3, -0.25) is 0 Å². The van der Waals surface area contributed by atoms with Gasteiger partial charge in [0.05, 0.1) is 3.57 Å². The first-order valence-electron chi connectivity index (χ1n) is 7.78. The van der Waals surface area contributed by atoms with E-state index in [4.69, 9.17) is 5.11 Å². The predicted molar refractivity (Wildman–Crippen MR) is 116 cm³/mol. The van der Waals surface area contributed by atoms with Crippen molar-refractivity contribution >= 4 is 45.2 Å². The fourth-order valence-electron chi connectivity index (χ4n) is 1.70. The molecule has 0 saturated carbocycles. The maximum absolute atomic E-state index is 12.5. The summed E-state index contributed by atoms with van der Waals surface area (Å²) in [5.41, 5.74) is 0.946. The largest absolute Gasteiger partial charge is 0.505 e. The molecule has 0 saturated heterocycles. The van der Waals surface area contributed by atoms with Crippen molar-refractivity contribution in [1.29, 1.82) is 0 Å². The summed E-state index contributed by atoms with van der Waals surface area (Å²) in [6.07, 6.45) is 0. The number of rotatable bonds is 0. The van der Waals surface area contributed by atoms with Crippen LogP contribution in [0.1, 0.15) is 11.1 Å². The second kappa shape index (κ2) is 11.6. The number of phenols is 1. The molecular formula is C20H14F6I2O. The van der Waals surface area contributed by atoms with Gasteiger partial charge >= 0.3 is 0 Å². The zero-order valence-corrected chi connectivity index (χ0v) is 19.3. The number of hydrogen-bond donors (Lipinski definition) is 1.